The Bertz CT molecular complexity index is 436. The third-order valence-electron chi connectivity index (χ3n) is 5.66. The van der Waals surface area contributed by atoms with E-state index in [-0.39, 0.29) is 23.8 Å². The van der Waals surface area contributed by atoms with Crippen molar-refractivity contribution in [2.75, 3.05) is 13.3 Å². The minimum absolute atomic E-state index is 0.0363. The Balaban J connectivity index is 2.02. The van der Waals surface area contributed by atoms with E-state index >= 15 is 0 Å². The topological polar surface area (TPSA) is 89.6 Å². The van der Waals surface area contributed by atoms with Gasteiger partial charge in [0.1, 0.15) is 0 Å². The van der Waals surface area contributed by atoms with Crippen LogP contribution in [0.5, 0.6) is 0 Å². The summed E-state index contributed by atoms with van der Waals surface area (Å²) in [7, 11) is -2.07. The van der Waals surface area contributed by atoms with E-state index in [9.17, 15) is 14.3 Å². The van der Waals surface area contributed by atoms with Crippen LogP contribution < -0.4 is 5.73 Å². The van der Waals surface area contributed by atoms with Gasteiger partial charge in [-0.2, -0.15) is 0 Å². The van der Waals surface area contributed by atoms with E-state index in [0.717, 1.165) is 32.1 Å². The Morgan fingerprint density at radius 3 is 2.39 bits per heavy atom. The number of rotatable bonds is 6. The number of hydrogen-bond donors (Lipinski definition) is 2. The molecule has 3 N–H and O–H groups in total. The standard InChI is InChI=1S/C17H32NO4P/c1-22-17(19)14(11-13-7-3-2-4-8-13)12-23(20,21)16-10-6-5-9-15(16)18/h13-16H,2-12,18H2,1H3,(H,20,21). The number of methoxy groups -OCH3 is 1. The summed E-state index contributed by atoms with van der Waals surface area (Å²) in [4.78, 5) is 22.8. The second-order valence-electron chi connectivity index (χ2n) is 7.41. The van der Waals surface area contributed by atoms with Crippen molar-refractivity contribution < 1.29 is 19.0 Å². The van der Waals surface area contributed by atoms with Crippen LogP contribution in [-0.2, 0) is 14.1 Å². The fourth-order valence-electron chi connectivity index (χ4n) is 4.33. The molecule has 2 fully saturated rings. The zero-order valence-corrected chi connectivity index (χ0v) is 15.2. The van der Waals surface area contributed by atoms with Crippen LogP contribution in [0.4, 0.5) is 0 Å². The summed E-state index contributed by atoms with van der Waals surface area (Å²) in [6.07, 6.45) is 10.1. The van der Waals surface area contributed by atoms with Gasteiger partial charge in [-0.15, -0.1) is 0 Å². The van der Waals surface area contributed by atoms with Crippen molar-refractivity contribution in [2.45, 2.75) is 75.9 Å². The number of esters is 1. The normalized spacial score (nSPS) is 30.4. The van der Waals surface area contributed by atoms with Gasteiger partial charge in [0, 0.05) is 12.2 Å². The molecule has 6 heteroatoms. The number of hydrogen-bond acceptors (Lipinski definition) is 4. The van der Waals surface area contributed by atoms with Gasteiger partial charge in [-0.1, -0.05) is 44.9 Å². The number of nitrogens with two attached hydrogens (primary N) is 1. The van der Waals surface area contributed by atoms with E-state index in [1.165, 1.54) is 26.4 Å². The number of carbonyl (C=O) groups is 1. The van der Waals surface area contributed by atoms with E-state index in [1.54, 1.807) is 0 Å². The van der Waals surface area contributed by atoms with Gasteiger partial charge < -0.3 is 15.4 Å². The summed E-state index contributed by atoms with van der Waals surface area (Å²) in [5.74, 6) is -0.324. The Kier molecular flexibility index (Phi) is 7.12. The van der Waals surface area contributed by atoms with Gasteiger partial charge in [0.15, 0.2) is 0 Å². The predicted octanol–water partition coefficient (Wildman–Crippen LogP) is 3.29. The van der Waals surface area contributed by atoms with Gasteiger partial charge in [-0.25, -0.2) is 0 Å². The zero-order valence-electron chi connectivity index (χ0n) is 14.3. The fourth-order valence-corrected chi connectivity index (χ4v) is 6.86. The second-order valence-corrected chi connectivity index (χ2v) is 9.95. The van der Waals surface area contributed by atoms with Crippen molar-refractivity contribution in [3.63, 3.8) is 0 Å². The molecule has 0 spiro atoms. The Hall–Kier alpha value is -0.380. The molecule has 0 radical (unpaired) electrons. The van der Waals surface area contributed by atoms with Crippen LogP contribution in [0.1, 0.15) is 64.2 Å². The summed E-state index contributed by atoms with van der Waals surface area (Å²) >= 11 is 0. The molecule has 2 aliphatic rings. The first kappa shape index (κ1) is 19.0. The fraction of sp³-hybridized carbons (Fsp3) is 0.941. The zero-order chi connectivity index (χ0) is 16.9. The van der Waals surface area contributed by atoms with Crippen LogP contribution in [0.3, 0.4) is 0 Å². The molecule has 0 aromatic heterocycles. The van der Waals surface area contributed by atoms with E-state index in [0.29, 0.717) is 18.8 Å². The Morgan fingerprint density at radius 1 is 1.17 bits per heavy atom. The van der Waals surface area contributed by atoms with Crippen molar-refractivity contribution in [3.05, 3.63) is 0 Å². The molecule has 5 nitrogen and oxygen atoms in total. The van der Waals surface area contributed by atoms with E-state index in [2.05, 4.69) is 0 Å². The first-order chi connectivity index (χ1) is 10.9. The lowest BCUT2D eigenvalue weighted by Crippen LogP contribution is -2.39. The molecule has 0 saturated heterocycles. The maximum absolute atomic E-state index is 12.9. The highest BCUT2D eigenvalue weighted by atomic mass is 31.2. The maximum atomic E-state index is 12.9. The van der Waals surface area contributed by atoms with Crippen molar-refractivity contribution in [2.24, 2.45) is 17.6 Å². The monoisotopic (exact) mass is 345 g/mol. The van der Waals surface area contributed by atoms with Gasteiger partial charge in [-0.05, 0) is 25.2 Å². The molecule has 0 amide bonds. The first-order valence-electron chi connectivity index (χ1n) is 9.09. The van der Waals surface area contributed by atoms with Gasteiger partial charge in [-0.3, -0.25) is 9.36 Å². The SMILES string of the molecule is COC(=O)C(CC1CCCCC1)CP(=O)(O)C1CCCCC1N. The second kappa shape index (κ2) is 8.64. The summed E-state index contributed by atoms with van der Waals surface area (Å²) in [5.41, 5.74) is 5.73. The molecule has 2 saturated carbocycles. The lowest BCUT2D eigenvalue weighted by atomic mass is 9.83. The highest BCUT2D eigenvalue weighted by molar-refractivity contribution is 7.58. The Labute approximate surface area is 139 Å². The molecule has 4 atom stereocenters. The molecule has 0 aromatic carbocycles. The molecule has 0 heterocycles. The lowest BCUT2D eigenvalue weighted by Gasteiger charge is -2.34. The Morgan fingerprint density at radius 2 is 1.78 bits per heavy atom. The van der Waals surface area contributed by atoms with E-state index in [1.807, 2.05) is 0 Å². The molecule has 23 heavy (non-hydrogen) atoms. The summed E-state index contributed by atoms with van der Waals surface area (Å²) in [6, 6.07) is -0.215. The molecular weight excluding hydrogens is 313 g/mol. The molecule has 2 aliphatic carbocycles. The van der Waals surface area contributed by atoms with Crippen LogP contribution in [0, 0.1) is 11.8 Å². The molecule has 4 unspecified atom stereocenters. The smallest absolute Gasteiger partial charge is 0.309 e. The molecule has 0 aliphatic heterocycles. The summed E-state index contributed by atoms with van der Waals surface area (Å²) in [6.45, 7) is 0. The summed E-state index contributed by atoms with van der Waals surface area (Å²) < 4.78 is 17.8. The third-order valence-corrected chi connectivity index (χ3v) is 8.30. The van der Waals surface area contributed by atoms with Crippen LogP contribution in [0.2, 0.25) is 0 Å². The first-order valence-corrected chi connectivity index (χ1v) is 11.0. The quantitative estimate of drug-likeness (QED) is 0.569. The van der Waals surface area contributed by atoms with Gasteiger partial charge in [0.25, 0.3) is 0 Å². The molecule has 134 valence electrons. The van der Waals surface area contributed by atoms with Crippen LogP contribution in [0.25, 0.3) is 0 Å². The van der Waals surface area contributed by atoms with E-state index < -0.39 is 13.3 Å². The van der Waals surface area contributed by atoms with Crippen LogP contribution in [-0.4, -0.2) is 35.8 Å². The largest absolute Gasteiger partial charge is 0.469 e. The highest BCUT2D eigenvalue weighted by Gasteiger charge is 2.41. The minimum Gasteiger partial charge on any atom is -0.469 e. The third kappa shape index (κ3) is 5.30. The van der Waals surface area contributed by atoms with Crippen molar-refractivity contribution in [3.8, 4) is 0 Å². The number of ether oxygens (including phenoxy) is 1. The van der Waals surface area contributed by atoms with E-state index in [4.69, 9.17) is 10.5 Å². The minimum atomic E-state index is -3.44. The predicted molar refractivity (Wildman–Crippen MR) is 91.6 cm³/mol. The van der Waals surface area contributed by atoms with Gasteiger partial charge in [0.05, 0.1) is 18.7 Å². The number of carbonyl (C=O) groups excluding carboxylic acids is 1. The summed E-state index contributed by atoms with van der Waals surface area (Å²) in [5, 5.41) is 0. The molecule has 0 bridgehead atoms. The van der Waals surface area contributed by atoms with Crippen LogP contribution >= 0.6 is 7.37 Å². The average Bonchev–Trinajstić information content (AvgIpc) is 2.54. The van der Waals surface area contributed by atoms with Crippen molar-refractivity contribution in [1.29, 1.82) is 0 Å². The van der Waals surface area contributed by atoms with Crippen molar-refractivity contribution >= 4 is 13.3 Å². The molecular formula is C17H32NO4P. The molecule has 0 aromatic rings. The van der Waals surface area contributed by atoms with Gasteiger partial charge >= 0.3 is 5.97 Å². The average molecular weight is 345 g/mol. The van der Waals surface area contributed by atoms with Crippen LogP contribution in [0.15, 0.2) is 0 Å². The maximum Gasteiger partial charge on any atom is 0.309 e. The van der Waals surface area contributed by atoms with Crippen molar-refractivity contribution in [1.82, 2.24) is 0 Å². The lowest BCUT2D eigenvalue weighted by molar-refractivity contribution is -0.145. The molecule has 2 rings (SSSR count). The van der Waals surface area contributed by atoms with Gasteiger partial charge in [0.2, 0.25) is 7.37 Å². The highest BCUT2D eigenvalue weighted by Crippen LogP contribution is 2.53.